The molecule has 1 aromatic carbocycles. The maximum Gasteiger partial charge on any atom is 0.157 e. The third-order valence-electron chi connectivity index (χ3n) is 3.46. The van der Waals surface area contributed by atoms with Crippen LogP contribution in [0.4, 0.5) is 0 Å². The molecule has 1 fully saturated rings. The number of aromatic nitrogens is 4. The first kappa shape index (κ1) is 12.7. The number of halogens is 1. The highest BCUT2D eigenvalue weighted by molar-refractivity contribution is 9.10. The predicted octanol–water partition coefficient (Wildman–Crippen LogP) is 1.97. The molecule has 1 aliphatic rings. The Labute approximate surface area is 120 Å². The van der Waals surface area contributed by atoms with Crippen molar-refractivity contribution in [1.82, 2.24) is 25.5 Å². The Bertz CT molecular complexity index is 547. The van der Waals surface area contributed by atoms with Crippen molar-refractivity contribution >= 4 is 15.9 Å². The normalized spacial score (nSPS) is 19.5. The molecule has 3 rings (SSSR count). The van der Waals surface area contributed by atoms with E-state index in [9.17, 15) is 0 Å². The van der Waals surface area contributed by atoms with E-state index in [1.807, 2.05) is 28.9 Å². The Hall–Kier alpha value is -1.27. The largest absolute Gasteiger partial charge is 0.316 e. The van der Waals surface area contributed by atoms with Crippen LogP contribution in [0.15, 0.2) is 28.7 Å². The van der Waals surface area contributed by atoms with Crippen molar-refractivity contribution in [3.63, 3.8) is 0 Å². The zero-order valence-corrected chi connectivity index (χ0v) is 12.2. The van der Waals surface area contributed by atoms with Crippen LogP contribution >= 0.6 is 15.9 Å². The quantitative estimate of drug-likeness (QED) is 0.939. The van der Waals surface area contributed by atoms with Gasteiger partial charge < -0.3 is 5.32 Å². The molecule has 0 bridgehead atoms. The number of tetrazole rings is 1. The molecule has 1 aliphatic heterocycles. The maximum atomic E-state index is 4.18. The van der Waals surface area contributed by atoms with Crippen molar-refractivity contribution in [2.24, 2.45) is 5.92 Å². The number of rotatable bonds is 3. The molecule has 0 amide bonds. The first-order valence-corrected chi connectivity index (χ1v) is 7.36. The predicted molar refractivity (Wildman–Crippen MR) is 76.2 cm³/mol. The van der Waals surface area contributed by atoms with E-state index in [2.05, 4.69) is 36.8 Å². The highest BCUT2D eigenvalue weighted by Gasteiger charge is 2.18. The van der Waals surface area contributed by atoms with Crippen LogP contribution in [0.1, 0.15) is 18.7 Å². The summed E-state index contributed by atoms with van der Waals surface area (Å²) in [5, 5.41) is 15.5. The van der Waals surface area contributed by atoms with Crippen molar-refractivity contribution in [1.29, 1.82) is 0 Å². The molecule has 100 valence electrons. The van der Waals surface area contributed by atoms with Gasteiger partial charge in [-0.05, 0) is 60.5 Å². The fraction of sp³-hybridized carbons (Fsp3) is 0.462. The Morgan fingerprint density at radius 1 is 1.42 bits per heavy atom. The molecule has 2 heterocycles. The van der Waals surface area contributed by atoms with Crippen LogP contribution in [0.25, 0.3) is 5.69 Å². The Balaban J connectivity index is 1.81. The molecule has 0 spiro atoms. The summed E-state index contributed by atoms with van der Waals surface area (Å²) < 4.78 is 2.87. The van der Waals surface area contributed by atoms with E-state index in [0.717, 1.165) is 35.5 Å². The summed E-state index contributed by atoms with van der Waals surface area (Å²) in [4.78, 5) is 0. The second-order valence-corrected chi connectivity index (χ2v) is 5.82. The van der Waals surface area contributed by atoms with E-state index < -0.39 is 0 Å². The fourth-order valence-electron chi connectivity index (χ4n) is 2.50. The lowest BCUT2D eigenvalue weighted by Gasteiger charge is -2.21. The van der Waals surface area contributed by atoms with Crippen LogP contribution in [0, 0.1) is 5.92 Å². The first-order chi connectivity index (χ1) is 9.33. The lowest BCUT2D eigenvalue weighted by Crippen LogP contribution is -2.31. The minimum Gasteiger partial charge on any atom is -0.316 e. The van der Waals surface area contributed by atoms with Gasteiger partial charge in [0.1, 0.15) is 0 Å². The Morgan fingerprint density at radius 2 is 2.37 bits per heavy atom. The zero-order chi connectivity index (χ0) is 13.1. The number of hydrogen-bond acceptors (Lipinski definition) is 4. The van der Waals surface area contributed by atoms with E-state index >= 15 is 0 Å². The zero-order valence-electron chi connectivity index (χ0n) is 10.6. The van der Waals surface area contributed by atoms with E-state index in [1.54, 1.807) is 0 Å². The monoisotopic (exact) mass is 321 g/mol. The highest BCUT2D eigenvalue weighted by atomic mass is 79.9. The molecular formula is C13H16BrN5. The number of nitrogens with one attached hydrogen (secondary N) is 1. The van der Waals surface area contributed by atoms with Gasteiger partial charge in [0.05, 0.1) is 5.69 Å². The Morgan fingerprint density at radius 3 is 3.16 bits per heavy atom. The molecule has 5 nitrogen and oxygen atoms in total. The molecule has 19 heavy (non-hydrogen) atoms. The topological polar surface area (TPSA) is 55.6 Å². The minimum absolute atomic E-state index is 0.630. The molecule has 1 aromatic heterocycles. The van der Waals surface area contributed by atoms with Gasteiger partial charge in [0.15, 0.2) is 5.82 Å². The lowest BCUT2D eigenvalue weighted by molar-refractivity contribution is 0.368. The SMILES string of the molecule is Brc1cccc(-n2nnnc2CC2CCCNC2)c1. The molecule has 1 saturated heterocycles. The van der Waals surface area contributed by atoms with Gasteiger partial charge in [-0.2, -0.15) is 4.68 Å². The lowest BCUT2D eigenvalue weighted by atomic mass is 9.96. The van der Waals surface area contributed by atoms with Gasteiger partial charge in [0.25, 0.3) is 0 Å². The number of hydrogen-bond donors (Lipinski definition) is 1. The minimum atomic E-state index is 0.630. The number of benzene rings is 1. The summed E-state index contributed by atoms with van der Waals surface area (Å²) in [5.41, 5.74) is 0.998. The third-order valence-corrected chi connectivity index (χ3v) is 3.95. The second-order valence-electron chi connectivity index (χ2n) is 4.90. The van der Waals surface area contributed by atoms with Crippen LogP contribution < -0.4 is 5.32 Å². The van der Waals surface area contributed by atoms with Gasteiger partial charge in [-0.15, -0.1) is 5.10 Å². The maximum absolute atomic E-state index is 4.18. The van der Waals surface area contributed by atoms with E-state index in [0.29, 0.717) is 5.92 Å². The van der Waals surface area contributed by atoms with E-state index in [1.165, 1.54) is 12.8 Å². The fourth-order valence-corrected chi connectivity index (χ4v) is 2.89. The summed E-state index contributed by atoms with van der Waals surface area (Å²) in [6.45, 7) is 2.19. The molecule has 1 N–H and O–H groups in total. The van der Waals surface area contributed by atoms with Crippen LogP contribution in [0.3, 0.4) is 0 Å². The van der Waals surface area contributed by atoms with Crippen LogP contribution in [0.2, 0.25) is 0 Å². The van der Waals surface area contributed by atoms with Crippen molar-refractivity contribution in [2.45, 2.75) is 19.3 Å². The smallest absolute Gasteiger partial charge is 0.157 e. The highest BCUT2D eigenvalue weighted by Crippen LogP contribution is 2.19. The molecule has 2 aromatic rings. The molecule has 1 unspecified atom stereocenters. The standard InChI is InChI=1S/C13H16BrN5/c14-11-4-1-5-12(8-11)19-13(16-17-18-19)7-10-3-2-6-15-9-10/h1,4-5,8,10,15H,2-3,6-7,9H2. The molecule has 1 atom stereocenters. The average molecular weight is 322 g/mol. The van der Waals surface area contributed by atoms with Crippen molar-refractivity contribution in [3.8, 4) is 5.69 Å². The average Bonchev–Trinajstić information content (AvgIpc) is 2.88. The molecular weight excluding hydrogens is 306 g/mol. The van der Waals surface area contributed by atoms with Crippen LogP contribution in [0.5, 0.6) is 0 Å². The molecule has 6 heteroatoms. The van der Waals surface area contributed by atoms with Crippen molar-refractivity contribution in [3.05, 3.63) is 34.6 Å². The van der Waals surface area contributed by atoms with Gasteiger partial charge in [-0.25, -0.2) is 0 Å². The summed E-state index contributed by atoms with van der Waals surface area (Å²) in [6.07, 6.45) is 3.41. The van der Waals surface area contributed by atoms with Crippen molar-refractivity contribution < 1.29 is 0 Å². The second kappa shape index (κ2) is 5.79. The summed E-state index contributed by atoms with van der Waals surface area (Å²) in [6, 6.07) is 8.04. The summed E-state index contributed by atoms with van der Waals surface area (Å²) in [7, 11) is 0. The van der Waals surface area contributed by atoms with Crippen LogP contribution in [-0.4, -0.2) is 33.3 Å². The first-order valence-electron chi connectivity index (χ1n) is 6.57. The van der Waals surface area contributed by atoms with E-state index in [4.69, 9.17) is 0 Å². The number of nitrogens with zero attached hydrogens (tertiary/aromatic N) is 4. The summed E-state index contributed by atoms with van der Waals surface area (Å²) in [5.74, 6) is 1.57. The van der Waals surface area contributed by atoms with Crippen molar-refractivity contribution in [2.75, 3.05) is 13.1 Å². The molecule has 0 aliphatic carbocycles. The molecule has 0 saturated carbocycles. The van der Waals surface area contributed by atoms with Gasteiger partial charge in [0, 0.05) is 10.9 Å². The van der Waals surface area contributed by atoms with Gasteiger partial charge in [-0.3, -0.25) is 0 Å². The Kier molecular flexibility index (Phi) is 3.89. The van der Waals surface area contributed by atoms with Gasteiger partial charge in [0.2, 0.25) is 0 Å². The van der Waals surface area contributed by atoms with Crippen LogP contribution in [-0.2, 0) is 6.42 Å². The van der Waals surface area contributed by atoms with E-state index in [-0.39, 0.29) is 0 Å². The van der Waals surface area contributed by atoms with Gasteiger partial charge in [-0.1, -0.05) is 22.0 Å². The van der Waals surface area contributed by atoms with Gasteiger partial charge >= 0.3 is 0 Å². The molecule has 0 radical (unpaired) electrons. The third kappa shape index (κ3) is 3.01. The summed E-state index contributed by atoms with van der Waals surface area (Å²) >= 11 is 3.48. The number of piperidine rings is 1.